The summed E-state index contributed by atoms with van der Waals surface area (Å²) in [6, 6.07) is 46.3. The van der Waals surface area contributed by atoms with Gasteiger partial charge in [-0.25, -0.2) is 0 Å². The SMILES string of the molecule is Cc1ccc(N(c2ccc(C=C(c3ccccc3)c3ccccc3)cc2)c2ccc(CN=[N+]=[N-])cc2)cc1. The molecule has 0 amide bonds. The molecule has 0 aliphatic rings. The van der Waals surface area contributed by atoms with Gasteiger partial charge < -0.3 is 4.90 Å². The lowest BCUT2D eigenvalue weighted by Gasteiger charge is -2.26. The van der Waals surface area contributed by atoms with Crippen molar-refractivity contribution in [1.82, 2.24) is 0 Å². The Kier molecular flexibility index (Phi) is 7.64. The Morgan fingerprint density at radius 2 is 1.13 bits per heavy atom. The minimum atomic E-state index is 0.341. The molecule has 0 aromatic heterocycles. The van der Waals surface area contributed by atoms with Crippen LogP contribution in [0.15, 0.2) is 139 Å². The third kappa shape index (κ3) is 5.84. The van der Waals surface area contributed by atoms with Crippen molar-refractivity contribution in [2.75, 3.05) is 4.90 Å². The van der Waals surface area contributed by atoms with Crippen molar-refractivity contribution in [1.29, 1.82) is 0 Å². The molecule has 0 saturated heterocycles. The standard InChI is InChI=1S/C34H28N4/c1-26-12-18-31(19-13-26)38(33-22-16-28(17-23-33)25-36-37-35)32-20-14-27(15-21-32)24-34(29-8-4-2-5-9-29)30-10-6-3-7-11-30/h2-24H,25H2,1H3. The topological polar surface area (TPSA) is 52.0 Å². The Morgan fingerprint density at radius 1 is 0.658 bits per heavy atom. The molecule has 0 fully saturated rings. The Morgan fingerprint density at radius 3 is 1.63 bits per heavy atom. The summed E-state index contributed by atoms with van der Waals surface area (Å²) in [6.07, 6.45) is 2.25. The Labute approximate surface area is 223 Å². The van der Waals surface area contributed by atoms with Crippen molar-refractivity contribution in [3.05, 3.63) is 172 Å². The minimum Gasteiger partial charge on any atom is -0.311 e. The fourth-order valence-electron chi connectivity index (χ4n) is 4.46. The molecule has 38 heavy (non-hydrogen) atoms. The Bertz CT molecular complexity index is 1510. The molecule has 184 valence electrons. The smallest absolute Gasteiger partial charge is 0.0510 e. The molecule has 4 nitrogen and oxygen atoms in total. The summed E-state index contributed by atoms with van der Waals surface area (Å²) < 4.78 is 0. The van der Waals surface area contributed by atoms with Crippen LogP contribution in [0.4, 0.5) is 17.1 Å². The van der Waals surface area contributed by atoms with Crippen LogP contribution in [0.25, 0.3) is 22.1 Å². The van der Waals surface area contributed by atoms with Crippen molar-refractivity contribution >= 4 is 28.7 Å². The highest BCUT2D eigenvalue weighted by atomic mass is 15.1. The number of azide groups is 1. The lowest BCUT2D eigenvalue weighted by Crippen LogP contribution is -2.10. The molecule has 5 aromatic carbocycles. The second-order valence-corrected chi connectivity index (χ2v) is 9.11. The van der Waals surface area contributed by atoms with E-state index in [0.29, 0.717) is 6.54 Å². The maximum atomic E-state index is 8.64. The lowest BCUT2D eigenvalue weighted by atomic mass is 9.95. The first-order valence-electron chi connectivity index (χ1n) is 12.6. The summed E-state index contributed by atoms with van der Waals surface area (Å²) in [6.45, 7) is 2.43. The monoisotopic (exact) mass is 492 g/mol. The molecule has 0 aliphatic carbocycles. The molecule has 4 heteroatoms. The Balaban J connectivity index is 1.52. The second-order valence-electron chi connectivity index (χ2n) is 9.11. The van der Waals surface area contributed by atoms with Crippen molar-refractivity contribution in [3.63, 3.8) is 0 Å². The molecule has 0 saturated carbocycles. The highest BCUT2D eigenvalue weighted by molar-refractivity contribution is 5.91. The average Bonchev–Trinajstić information content (AvgIpc) is 2.98. The molecule has 5 rings (SSSR count). The Hall–Kier alpha value is -5.05. The van der Waals surface area contributed by atoms with E-state index in [1.54, 1.807) is 0 Å². The van der Waals surface area contributed by atoms with Gasteiger partial charge in [-0.2, -0.15) is 0 Å². The summed E-state index contributed by atoms with van der Waals surface area (Å²) in [7, 11) is 0. The van der Waals surface area contributed by atoms with Crippen molar-refractivity contribution in [2.45, 2.75) is 13.5 Å². The van der Waals surface area contributed by atoms with Gasteiger partial charge in [0.2, 0.25) is 0 Å². The van der Waals surface area contributed by atoms with Crippen LogP contribution in [0.1, 0.15) is 27.8 Å². The number of nitrogens with zero attached hydrogens (tertiary/aromatic N) is 4. The number of rotatable bonds is 8. The summed E-state index contributed by atoms with van der Waals surface area (Å²) in [5.74, 6) is 0. The van der Waals surface area contributed by atoms with Gasteiger partial charge in [0.25, 0.3) is 0 Å². The maximum Gasteiger partial charge on any atom is 0.0510 e. The van der Waals surface area contributed by atoms with Gasteiger partial charge in [-0.05, 0) is 82.8 Å². The second kappa shape index (κ2) is 11.8. The molecule has 0 N–H and O–H groups in total. The minimum absolute atomic E-state index is 0.341. The van der Waals surface area contributed by atoms with E-state index in [1.807, 2.05) is 24.3 Å². The molecular formula is C34H28N4. The van der Waals surface area contributed by atoms with E-state index in [0.717, 1.165) is 28.2 Å². The van der Waals surface area contributed by atoms with Crippen LogP contribution in [-0.2, 0) is 6.54 Å². The van der Waals surface area contributed by atoms with Gasteiger partial charge in [0.1, 0.15) is 0 Å². The van der Waals surface area contributed by atoms with Crippen LogP contribution >= 0.6 is 0 Å². The van der Waals surface area contributed by atoms with Gasteiger partial charge >= 0.3 is 0 Å². The highest BCUT2D eigenvalue weighted by Crippen LogP contribution is 2.35. The number of hydrogen-bond acceptors (Lipinski definition) is 2. The first kappa shape index (κ1) is 24.6. The third-order valence-electron chi connectivity index (χ3n) is 6.44. The molecule has 0 aliphatic heterocycles. The maximum absolute atomic E-state index is 8.64. The lowest BCUT2D eigenvalue weighted by molar-refractivity contribution is 1.05. The van der Waals surface area contributed by atoms with Gasteiger partial charge in [0.15, 0.2) is 0 Å². The van der Waals surface area contributed by atoms with E-state index in [9.17, 15) is 0 Å². The average molecular weight is 493 g/mol. The van der Waals surface area contributed by atoms with Gasteiger partial charge in [-0.3, -0.25) is 0 Å². The predicted molar refractivity (Wildman–Crippen MR) is 159 cm³/mol. The fourth-order valence-corrected chi connectivity index (χ4v) is 4.46. The van der Waals surface area contributed by atoms with Crippen molar-refractivity contribution < 1.29 is 0 Å². The number of anilines is 3. The van der Waals surface area contributed by atoms with E-state index < -0.39 is 0 Å². The molecule has 0 heterocycles. The van der Waals surface area contributed by atoms with E-state index in [4.69, 9.17) is 5.53 Å². The zero-order valence-corrected chi connectivity index (χ0v) is 21.3. The normalized spacial score (nSPS) is 10.3. The van der Waals surface area contributed by atoms with Crippen molar-refractivity contribution in [3.8, 4) is 0 Å². The summed E-state index contributed by atoms with van der Waals surface area (Å²) >= 11 is 0. The molecule has 0 atom stereocenters. The predicted octanol–water partition coefficient (Wildman–Crippen LogP) is 9.86. The third-order valence-corrected chi connectivity index (χ3v) is 6.44. The van der Waals surface area contributed by atoms with E-state index >= 15 is 0 Å². The van der Waals surface area contributed by atoms with Gasteiger partial charge in [-0.1, -0.05) is 108 Å². The fraction of sp³-hybridized carbons (Fsp3) is 0.0588. The molecular weight excluding hydrogens is 464 g/mol. The van der Waals surface area contributed by atoms with Crippen LogP contribution in [0.5, 0.6) is 0 Å². The van der Waals surface area contributed by atoms with E-state index in [1.165, 1.54) is 22.3 Å². The van der Waals surface area contributed by atoms with Gasteiger partial charge in [0, 0.05) is 22.0 Å². The first-order valence-corrected chi connectivity index (χ1v) is 12.6. The van der Waals surface area contributed by atoms with Gasteiger partial charge in [0.05, 0.1) is 6.54 Å². The van der Waals surface area contributed by atoms with Crippen LogP contribution in [0.2, 0.25) is 0 Å². The largest absolute Gasteiger partial charge is 0.311 e. The molecule has 5 aromatic rings. The summed E-state index contributed by atoms with van der Waals surface area (Å²) in [4.78, 5) is 5.10. The van der Waals surface area contributed by atoms with E-state index in [2.05, 4.69) is 137 Å². The summed E-state index contributed by atoms with van der Waals surface area (Å²) in [5.41, 5.74) is 18.7. The first-order chi connectivity index (χ1) is 18.7. The molecule has 0 bridgehead atoms. The molecule has 0 spiro atoms. The van der Waals surface area contributed by atoms with Crippen LogP contribution in [-0.4, -0.2) is 0 Å². The zero-order valence-electron chi connectivity index (χ0n) is 21.3. The van der Waals surface area contributed by atoms with E-state index in [-0.39, 0.29) is 0 Å². The quantitative estimate of drug-likeness (QED) is 0.0920. The number of hydrogen-bond donors (Lipinski definition) is 0. The zero-order chi connectivity index (χ0) is 26.2. The van der Waals surface area contributed by atoms with Gasteiger partial charge in [-0.15, -0.1) is 0 Å². The van der Waals surface area contributed by atoms with Crippen LogP contribution in [0, 0.1) is 6.92 Å². The highest BCUT2D eigenvalue weighted by Gasteiger charge is 2.13. The molecule has 0 radical (unpaired) electrons. The number of aryl methyl sites for hydroxylation is 1. The number of benzene rings is 5. The van der Waals surface area contributed by atoms with Crippen LogP contribution in [0.3, 0.4) is 0 Å². The van der Waals surface area contributed by atoms with Crippen LogP contribution < -0.4 is 4.90 Å². The molecule has 0 unspecified atom stereocenters. The van der Waals surface area contributed by atoms with Crippen molar-refractivity contribution in [2.24, 2.45) is 5.11 Å². The summed E-state index contributed by atoms with van der Waals surface area (Å²) in [5, 5.41) is 3.68.